The minimum atomic E-state index is -0.505. The van der Waals surface area contributed by atoms with E-state index in [1.807, 2.05) is 0 Å². The highest BCUT2D eigenvalue weighted by molar-refractivity contribution is 5.90. The van der Waals surface area contributed by atoms with E-state index in [2.05, 4.69) is 5.32 Å². The lowest BCUT2D eigenvalue weighted by Gasteiger charge is -2.16. The summed E-state index contributed by atoms with van der Waals surface area (Å²) in [6, 6.07) is 11.0. The van der Waals surface area contributed by atoms with Gasteiger partial charge in [0.1, 0.15) is 11.6 Å². The van der Waals surface area contributed by atoms with Crippen molar-refractivity contribution in [3.05, 3.63) is 53.8 Å². The van der Waals surface area contributed by atoms with Gasteiger partial charge in [-0.25, -0.2) is 4.39 Å². The number of carbonyl (C=O) groups is 1. The molecule has 21 heavy (non-hydrogen) atoms. The van der Waals surface area contributed by atoms with Gasteiger partial charge in [0.05, 0.1) is 5.69 Å². The number of para-hydroxylation sites is 2. The molecule has 0 aliphatic rings. The molecule has 0 aliphatic carbocycles. The topological polar surface area (TPSA) is 64.3 Å². The largest absolute Gasteiger partial charge is 0.455 e. The Morgan fingerprint density at radius 2 is 1.86 bits per heavy atom. The highest BCUT2D eigenvalue weighted by Gasteiger charge is 2.15. The first kappa shape index (κ1) is 15.0. The number of rotatable bonds is 4. The third kappa shape index (κ3) is 3.58. The van der Waals surface area contributed by atoms with E-state index in [1.54, 1.807) is 43.3 Å². The quantitative estimate of drug-likeness (QED) is 0.903. The maximum atomic E-state index is 13.9. The smallest absolute Gasteiger partial charge is 0.221 e. The van der Waals surface area contributed by atoms with E-state index in [9.17, 15) is 9.18 Å². The van der Waals surface area contributed by atoms with Gasteiger partial charge in [0.25, 0.3) is 0 Å². The summed E-state index contributed by atoms with van der Waals surface area (Å²) in [4.78, 5) is 11.2. The van der Waals surface area contributed by atoms with Crippen molar-refractivity contribution in [1.82, 2.24) is 0 Å². The Hall–Kier alpha value is -2.40. The van der Waals surface area contributed by atoms with E-state index in [-0.39, 0.29) is 5.91 Å². The van der Waals surface area contributed by atoms with Gasteiger partial charge >= 0.3 is 0 Å². The number of benzene rings is 2. The predicted octanol–water partition coefficient (Wildman–Crippen LogP) is 3.60. The highest BCUT2D eigenvalue weighted by Crippen LogP contribution is 2.34. The molecule has 0 aliphatic heterocycles. The van der Waals surface area contributed by atoms with Crippen LogP contribution in [-0.4, -0.2) is 5.91 Å². The minimum absolute atomic E-state index is 0.210. The van der Waals surface area contributed by atoms with Crippen molar-refractivity contribution in [2.75, 3.05) is 5.32 Å². The number of nitrogens with one attached hydrogen (secondary N) is 1. The van der Waals surface area contributed by atoms with Gasteiger partial charge in [-0.3, -0.25) is 4.79 Å². The van der Waals surface area contributed by atoms with Gasteiger partial charge in [-0.1, -0.05) is 18.2 Å². The van der Waals surface area contributed by atoms with Crippen molar-refractivity contribution in [2.24, 2.45) is 5.73 Å². The Balaban J connectivity index is 2.39. The molecule has 110 valence electrons. The van der Waals surface area contributed by atoms with Crippen LogP contribution in [0.5, 0.6) is 11.5 Å². The summed E-state index contributed by atoms with van der Waals surface area (Å²) in [7, 11) is 0. The average molecular weight is 288 g/mol. The summed E-state index contributed by atoms with van der Waals surface area (Å²) < 4.78 is 19.6. The van der Waals surface area contributed by atoms with Crippen molar-refractivity contribution in [2.45, 2.75) is 19.9 Å². The molecule has 0 radical (unpaired) electrons. The Labute approximate surface area is 122 Å². The Bertz CT molecular complexity index is 656. The fourth-order valence-corrected chi connectivity index (χ4v) is 2.02. The summed E-state index contributed by atoms with van der Waals surface area (Å²) in [5.41, 5.74) is 6.62. The maximum absolute atomic E-state index is 13.9. The molecule has 3 N–H and O–H groups in total. The van der Waals surface area contributed by atoms with E-state index in [0.29, 0.717) is 22.7 Å². The molecule has 0 unspecified atom stereocenters. The number of anilines is 1. The van der Waals surface area contributed by atoms with Crippen LogP contribution >= 0.6 is 0 Å². The molecule has 1 atom stereocenters. The standard InChI is InChI=1S/C16H17FN2O2/c1-10(18)16-12(17)6-5-9-15(16)21-14-8-4-3-7-13(14)19-11(2)20/h3-10H,18H2,1-2H3,(H,19,20)/t10-/m1/s1. The number of nitrogens with two attached hydrogens (primary N) is 1. The molecule has 2 aromatic carbocycles. The van der Waals surface area contributed by atoms with Crippen LogP contribution in [0.3, 0.4) is 0 Å². The molecule has 0 bridgehead atoms. The molecule has 2 aromatic rings. The van der Waals surface area contributed by atoms with Gasteiger partial charge in [0, 0.05) is 18.5 Å². The molecular weight excluding hydrogens is 271 g/mol. The van der Waals surface area contributed by atoms with E-state index in [4.69, 9.17) is 10.5 Å². The van der Waals surface area contributed by atoms with Crippen molar-refractivity contribution in [3.63, 3.8) is 0 Å². The summed E-state index contributed by atoms with van der Waals surface area (Å²) in [5, 5.41) is 2.67. The number of carbonyl (C=O) groups excluding carboxylic acids is 1. The Morgan fingerprint density at radius 1 is 1.19 bits per heavy atom. The fraction of sp³-hybridized carbons (Fsp3) is 0.188. The molecule has 4 nitrogen and oxygen atoms in total. The number of amides is 1. The first-order valence-electron chi connectivity index (χ1n) is 6.57. The zero-order valence-corrected chi connectivity index (χ0v) is 11.9. The predicted molar refractivity (Wildman–Crippen MR) is 79.8 cm³/mol. The fourth-order valence-electron chi connectivity index (χ4n) is 2.02. The van der Waals surface area contributed by atoms with Crippen LogP contribution in [0, 0.1) is 5.82 Å². The Morgan fingerprint density at radius 3 is 2.52 bits per heavy atom. The van der Waals surface area contributed by atoms with Gasteiger partial charge in [-0.05, 0) is 31.2 Å². The lowest BCUT2D eigenvalue weighted by Crippen LogP contribution is -2.10. The van der Waals surface area contributed by atoms with E-state index in [1.165, 1.54) is 13.0 Å². The molecule has 0 saturated carbocycles. The third-order valence-corrected chi connectivity index (χ3v) is 2.89. The zero-order valence-electron chi connectivity index (χ0n) is 11.9. The second-order valence-electron chi connectivity index (χ2n) is 4.72. The molecular formula is C16H17FN2O2. The number of ether oxygens (including phenoxy) is 1. The lowest BCUT2D eigenvalue weighted by atomic mass is 10.1. The molecule has 0 fully saturated rings. The van der Waals surface area contributed by atoms with E-state index >= 15 is 0 Å². The first-order chi connectivity index (χ1) is 9.99. The van der Waals surface area contributed by atoms with Crippen LogP contribution in [-0.2, 0) is 4.79 Å². The summed E-state index contributed by atoms with van der Waals surface area (Å²) >= 11 is 0. The zero-order chi connectivity index (χ0) is 15.4. The van der Waals surface area contributed by atoms with E-state index in [0.717, 1.165) is 0 Å². The molecule has 2 rings (SSSR count). The molecule has 0 saturated heterocycles. The van der Waals surface area contributed by atoms with Crippen molar-refractivity contribution in [1.29, 1.82) is 0 Å². The lowest BCUT2D eigenvalue weighted by molar-refractivity contribution is -0.114. The minimum Gasteiger partial charge on any atom is -0.455 e. The summed E-state index contributed by atoms with van der Waals surface area (Å²) in [6.07, 6.45) is 0. The normalized spacial score (nSPS) is 11.8. The van der Waals surface area contributed by atoms with Crippen LogP contribution in [0.1, 0.15) is 25.5 Å². The van der Waals surface area contributed by atoms with Crippen molar-refractivity contribution >= 4 is 11.6 Å². The van der Waals surface area contributed by atoms with Gasteiger partial charge in [-0.2, -0.15) is 0 Å². The number of hydrogen-bond acceptors (Lipinski definition) is 3. The second kappa shape index (κ2) is 6.37. The average Bonchev–Trinajstić information content (AvgIpc) is 2.40. The van der Waals surface area contributed by atoms with Gasteiger partial charge in [0.2, 0.25) is 5.91 Å². The van der Waals surface area contributed by atoms with E-state index < -0.39 is 11.9 Å². The number of hydrogen-bond donors (Lipinski definition) is 2. The molecule has 1 amide bonds. The highest BCUT2D eigenvalue weighted by atomic mass is 19.1. The van der Waals surface area contributed by atoms with Crippen LogP contribution in [0.2, 0.25) is 0 Å². The first-order valence-corrected chi connectivity index (χ1v) is 6.57. The van der Waals surface area contributed by atoms with Crippen molar-refractivity contribution in [3.8, 4) is 11.5 Å². The maximum Gasteiger partial charge on any atom is 0.221 e. The second-order valence-corrected chi connectivity index (χ2v) is 4.72. The van der Waals surface area contributed by atoms with Crippen LogP contribution in [0.4, 0.5) is 10.1 Å². The van der Waals surface area contributed by atoms with Crippen LogP contribution in [0.15, 0.2) is 42.5 Å². The molecule has 0 aromatic heterocycles. The molecule has 0 heterocycles. The van der Waals surface area contributed by atoms with Crippen LogP contribution in [0.25, 0.3) is 0 Å². The van der Waals surface area contributed by atoms with Crippen molar-refractivity contribution < 1.29 is 13.9 Å². The third-order valence-electron chi connectivity index (χ3n) is 2.89. The Kier molecular flexibility index (Phi) is 4.55. The summed E-state index contributed by atoms with van der Waals surface area (Å²) in [6.45, 7) is 3.09. The number of halogens is 1. The van der Waals surface area contributed by atoms with Gasteiger partial charge < -0.3 is 15.8 Å². The van der Waals surface area contributed by atoms with Crippen LogP contribution < -0.4 is 15.8 Å². The summed E-state index contributed by atoms with van der Waals surface area (Å²) in [5.74, 6) is 0.139. The van der Waals surface area contributed by atoms with Gasteiger partial charge in [0.15, 0.2) is 5.75 Å². The molecule has 0 spiro atoms. The monoisotopic (exact) mass is 288 g/mol. The SMILES string of the molecule is CC(=O)Nc1ccccc1Oc1cccc(F)c1[C@@H](C)N. The van der Waals surface area contributed by atoms with Gasteiger partial charge in [-0.15, -0.1) is 0 Å². The molecule has 5 heteroatoms.